The zero-order valence-corrected chi connectivity index (χ0v) is 23.4. The highest BCUT2D eigenvalue weighted by atomic mass is 35.5. The number of halogens is 1. The van der Waals surface area contributed by atoms with E-state index in [-0.39, 0.29) is 34.1 Å². The van der Waals surface area contributed by atoms with E-state index in [0.717, 1.165) is 9.87 Å². The fourth-order valence-electron chi connectivity index (χ4n) is 3.80. The minimum absolute atomic E-state index is 0.0139. The number of anilines is 1. The molecule has 0 saturated carbocycles. The molecule has 0 aliphatic rings. The van der Waals surface area contributed by atoms with Crippen molar-refractivity contribution in [2.45, 2.75) is 44.3 Å². The maximum atomic E-state index is 13.8. The lowest BCUT2D eigenvalue weighted by molar-refractivity contribution is -0.139. The van der Waals surface area contributed by atoms with Gasteiger partial charge in [0.05, 0.1) is 22.7 Å². The van der Waals surface area contributed by atoms with Crippen LogP contribution < -0.4 is 14.4 Å². The van der Waals surface area contributed by atoms with Crippen molar-refractivity contribution in [3.63, 3.8) is 0 Å². The molecule has 3 rings (SSSR count). The first-order valence-corrected chi connectivity index (χ1v) is 13.9. The maximum Gasteiger partial charge on any atom is 0.264 e. The number of hydrogen-bond acceptors (Lipinski definition) is 5. The Hall–Kier alpha value is -3.56. The van der Waals surface area contributed by atoms with Gasteiger partial charge in [0.15, 0.2) is 0 Å². The summed E-state index contributed by atoms with van der Waals surface area (Å²) in [7, 11) is -2.61. The van der Waals surface area contributed by atoms with Gasteiger partial charge in [-0.25, -0.2) is 8.42 Å². The van der Waals surface area contributed by atoms with Crippen molar-refractivity contribution in [2.24, 2.45) is 0 Å². The molecular formula is C28H32ClN3O5S. The Bertz CT molecular complexity index is 1350. The van der Waals surface area contributed by atoms with E-state index in [4.69, 9.17) is 16.3 Å². The first-order chi connectivity index (χ1) is 18.0. The van der Waals surface area contributed by atoms with Crippen molar-refractivity contribution in [2.75, 3.05) is 18.0 Å². The van der Waals surface area contributed by atoms with Crippen LogP contribution in [0.3, 0.4) is 0 Å². The molecule has 0 fully saturated rings. The van der Waals surface area contributed by atoms with Crippen LogP contribution in [-0.4, -0.2) is 50.9 Å². The summed E-state index contributed by atoms with van der Waals surface area (Å²) in [6.07, 6.45) is 0. The van der Waals surface area contributed by atoms with Crippen molar-refractivity contribution >= 4 is 39.1 Å². The van der Waals surface area contributed by atoms with Crippen LogP contribution >= 0.6 is 11.6 Å². The topological polar surface area (TPSA) is 96.0 Å². The highest BCUT2D eigenvalue weighted by molar-refractivity contribution is 7.92. The van der Waals surface area contributed by atoms with Gasteiger partial charge in [-0.15, -0.1) is 0 Å². The molecule has 38 heavy (non-hydrogen) atoms. The average molecular weight is 558 g/mol. The van der Waals surface area contributed by atoms with Crippen LogP contribution in [0, 0.1) is 0 Å². The maximum absolute atomic E-state index is 13.8. The van der Waals surface area contributed by atoms with Crippen LogP contribution in [0.2, 0.25) is 5.02 Å². The summed E-state index contributed by atoms with van der Waals surface area (Å²) in [6.45, 7) is 4.79. The minimum atomic E-state index is -4.17. The SMILES string of the molecule is COc1ccc(CN(C(=O)CN(c2ccccc2Cl)S(=O)(=O)c2ccccc2)C(C)C(=O)NC(C)C)cc1. The van der Waals surface area contributed by atoms with Crippen LogP contribution in [0.25, 0.3) is 0 Å². The van der Waals surface area contributed by atoms with Crippen molar-refractivity contribution in [3.8, 4) is 5.75 Å². The fraction of sp³-hybridized carbons (Fsp3) is 0.286. The summed E-state index contributed by atoms with van der Waals surface area (Å²) in [6, 6.07) is 20.3. The standard InChI is InChI=1S/C28H32ClN3O5S/c1-20(2)30-28(34)21(3)31(18-22-14-16-23(37-4)17-15-22)27(33)19-32(26-13-9-8-12-25(26)29)38(35,36)24-10-6-5-7-11-24/h5-17,20-21H,18-19H2,1-4H3,(H,30,34). The van der Waals surface area contributed by atoms with Gasteiger partial charge >= 0.3 is 0 Å². The molecule has 1 atom stereocenters. The lowest BCUT2D eigenvalue weighted by atomic mass is 10.1. The van der Waals surface area contributed by atoms with Gasteiger partial charge in [0, 0.05) is 12.6 Å². The number of ether oxygens (including phenoxy) is 1. The normalized spacial score (nSPS) is 12.1. The number of para-hydroxylation sites is 1. The van der Waals surface area contributed by atoms with Gasteiger partial charge in [0.25, 0.3) is 10.0 Å². The molecule has 0 spiro atoms. The number of sulfonamides is 1. The summed E-state index contributed by atoms with van der Waals surface area (Å²) >= 11 is 6.40. The second-order valence-corrected chi connectivity index (χ2v) is 11.3. The molecule has 0 saturated heterocycles. The molecular weight excluding hydrogens is 526 g/mol. The molecule has 0 bridgehead atoms. The van der Waals surface area contributed by atoms with Crippen LogP contribution in [-0.2, 0) is 26.2 Å². The molecule has 1 N–H and O–H groups in total. The summed E-state index contributed by atoms with van der Waals surface area (Å²) in [5.74, 6) is -0.264. The quantitative estimate of drug-likeness (QED) is 0.375. The van der Waals surface area contributed by atoms with Crippen LogP contribution in [0.1, 0.15) is 26.3 Å². The Balaban J connectivity index is 2.02. The number of rotatable bonds is 11. The van der Waals surface area contributed by atoms with E-state index in [9.17, 15) is 18.0 Å². The van der Waals surface area contributed by atoms with E-state index >= 15 is 0 Å². The lowest BCUT2D eigenvalue weighted by Crippen LogP contribution is -2.52. The van der Waals surface area contributed by atoms with Crippen LogP contribution in [0.5, 0.6) is 5.75 Å². The highest BCUT2D eigenvalue weighted by Crippen LogP contribution is 2.30. The van der Waals surface area contributed by atoms with E-state index in [1.165, 1.54) is 17.0 Å². The summed E-state index contributed by atoms with van der Waals surface area (Å²) < 4.78 is 33.6. The van der Waals surface area contributed by atoms with Crippen molar-refractivity contribution in [1.82, 2.24) is 10.2 Å². The predicted molar refractivity (Wildman–Crippen MR) is 149 cm³/mol. The molecule has 202 valence electrons. The Morgan fingerprint density at radius 3 is 2.11 bits per heavy atom. The second-order valence-electron chi connectivity index (χ2n) is 8.99. The Labute approximate surface area is 229 Å². The fourth-order valence-corrected chi connectivity index (χ4v) is 5.54. The molecule has 3 aromatic rings. The zero-order chi connectivity index (χ0) is 27.9. The van der Waals surface area contributed by atoms with Crippen LogP contribution in [0.4, 0.5) is 5.69 Å². The third kappa shape index (κ3) is 7.05. The van der Waals surface area contributed by atoms with Gasteiger partial charge in [-0.2, -0.15) is 0 Å². The van der Waals surface area contributed by atoms with Gasteiger partial charge < -0.3 is 15.0 Å². The third-order valence-corrected chi connectivity index (χ3v) is 7.93. The van der Waals surface area contributed by atoms with E-state index in [1.54, 1.807) is 80.8 Å². The number of benzene rings is 3. The van der Waals surface area contributed by atoms with Crippen LogP contribution in [0.15, 0.2) is 83.8 Å². The molecule has 10 heteroatoms. The molecule has 0 aliphatic carbocycles. The van der Waals surface area contributed by atoms with Gasteiger partial charge in [0.1, 0.15) is 18.3 Å². The highest BCUT2D eigenvalue weighted by Gasteiger charge is 2.33. The minimum Gasteiger partial charge on any atom is -0.497 e. The van der Waals surface area contributed by atoms with Gasteiger partial charge in [-0.3, -0.25) is 13.9 Å². The number of nitrogens with zero attached hydrogens (tertiary/aromatic N) is 2. The first-order valence-electron chi connectivity index (χ1n) is 12.1. The van der Waals surface area contributed by atoms with E-state index in [1.807, 2.05) is 13.8 Å². The molecule has 8 nitrogen and oxygen atoms in total. The Kier molecular flexibility index (Phi) is 9.77. The molecule has 0 aromatic heterocycles. The Morgan fingerprint density at radius 2 is 1.53 bits per heavy atom. The summed E-state index contributed by atoms with van der Waals surface area (Å²) in [5.41, 5.74) is 0.911. The van der Waals surface area contributed by atoms with Crippen molar-refractivity contribution in [1.29, 1.82) is 0 Å². The number of hydrogen-bond donors (Lipinski definition) is 1. The van der Waals surface area contributed by atoms with Gasteiger partial charge in [-0.05, 0) is 62.7 Å². The lowest BCUT2D eigenvalue weighted by Gasteiger charge is -2.32. The number of nitrogens with one attached hydrogen (secondary N) is 1. The van der Waals surface area contributed by atoms with Crippen molar-refractivity contribution < 1.29 is 22.7 Å². The van der Waals surface area contributed by atoms with E-state index in [2.05, 4.69) is 5.32 Å². The van der Waals surface area contributed by atoms with Gasteiger partial charge in [-0.1, -0.05) is 54.1 Å². The molecule has 0 radical (unpaired) electrons. The Morgan fingerprint density at radius 1 is 0.921 bits per heavy atom. The number of amides is 2. The summed E-state index contributed by atoms with van der Waals surface area (Å²) in [5, 5.41) is 3.00. The first kappa shape index (κ1) is 29.0. The predicted octanol–water partition coefficient (Wildman–Crippen LogP) is 4.49. The average Bonchev–Trinajstić information content (AvgIpc) is 2.90. The monoisotopic (exact) mass is 557 g/mol. The molecule has 1 unspecified atom stereocenters. The molecule has 0 heterocycles. The number of carbonyl (C=O) groups excluding carboxylic acids is 2. The van der Waals surface area contributed by atoms with E-state index < -0.39 is 28.5 Å². The second kappa shape index (κ2) is 12.8. The zero-order valence-electron chi connectivity index (χ0n) is 21.8. The largest absolute Gasteiger partial charge is 0.497 e. The van der Waals surface area contributed by atoms with E-state index in [0.29, 0.717) is 5.75 Å². The molecule has 3 aromatic carbocycles. The summed E-state index contributed by atoms with van der Waals surface area (Å²) in [4.78, 5) is 28.2. The van der Waals surface area contributed by atoms with Gasteiger partial charge in [0.2, 0.25) is 11.8 Å². The third-order valence-electron chi connectivity index (χ3n) is 5.84. The van der Waals surface area contributed by atoms with Crippen molar-refractivity contribution in [3.05, 3.63) is 89.4 Å². The smallest absolute Gasteiger partial charge is 0.264 e. The molecule has 0 aliphatic heterocycles. The number of methoxy groups -OCH3 is 1. The number of carbonyl (C=O) groups is 2. The molecule has 2 amide bonds.